The Bertz CT molecular complexity index is 591. The molecule has 0 spiro atoms. The lowest BCUT2D eigenvalue weighted by atomic mass is 9.97. The number of fused-ring (bicyclic) bond motifs is 1. The first kappa shape index (κ1) is 12.0. The summed E-state index contributed by atoms with van der Waals surface area (Å²) < 4.78 is 10.5. The highest BCUT2D eigenvalue weighted by atomic mass is 32.1. The van der Waals surface area contributed by atoms with Crippen LogP contribution in [0.3, 0.4) is 0 Å². The molecule has 2 heterocycles. The van der Waals surface area contributed by atoms with E-state index in [0.717, 1.165) is 10.4 Å². The van der Waals surface area contributed by atoms with Gasteiger partial charge in [-0.05, 0) is 35.6 Å². The maximum atomic E-state index is 11.4. The zero-order valence-electron chi connectivity index (χ0n) is 10.0. The van der Waals surface area contributed by atoms with E-state index in [0.29, 0.717) is 17.9 Å². The van der Waals surface area contributed by atoms with E-state index in [4.69, 9.17) is 9.47 Å². The zero-order chi connectivity index (χ0) is 13.2. The van der Waals surface area contributed by atoms with Crippen LogP contribution in [0.1, 0.15) is 16.4 Å². The Balaban J connectivity index is 1.84. The Morgan fingerprint density at radius 1 is 1.32 bits per heavy atom. The molecular weight excluding hydrogens is 264 g/mol. The Labute approximate surface area is 114 Å². The van der Waals surface area contributed by atoms with Crippen LogP contribution in [-0.2, 0) is 11.2 Å². The molecule has 19 heavy (non-hydrogen) atoms. The molecule has 2 aromatic rings. The largest absolute Gasteiger partial charge is 0.481 e. The van der Waals surface area contributed by atoms with E-state index in [1.807, 2.05) is 35.7 Å². The zero-order valence-corrected chi connectivity index (χ0v) is 10.9. The molecule has 1 aliphatic heterocycles. The molecule has 5 heteroatoms. The average molecular weight is 276 g/mol. The van der Waals surface area contributed by atoms with Crippen LogP contribution < -0.4 is 9.47 Å². The van der Waals surface area contributed by atoms with Crippen LogP contribution in [0.5, 0.6) is 11.5 Å². The van der Waals surface area contributed by atoms with E-state index >= 15 is 0 Å². The molecule has 1 atom stereocenters. The first-order chi connectivity index (χ1) is 9.24. The summed E-state index contributed by atoms with van der Waals surface area (Å²) in [6.45, 7) is 0.228. The summed E-state index contributed by atoms with van der Waals surface area (Å²) >= 11 is 1.47. The van der Waals surface area contributed by atoms with E-state index in [1.54, 1.807) is 0 Å². The number of hydrogen-bond acceptors (Lipinski definition) is 4. The first-order valence-electron chi connectivity index (χ1n) is 5.89. The van der Waals surface area contributed by atoms with Gasteiger partial charge in [0.1, 0.15) is 0 Å². The molecule has 1 aromatic carbocycles. The highest BCUT2D eigenvalue weighted by Crippen LogP contribution is 2.34. The number of aliphatic carboxylic acids is 1. The smallest absolute Gasteiger partial charge is 0.312 e. The normalized spacial score (nSPS) is 14.3. The van der Waals surface area contributed by atoms with Crippen molar-refractivity contribution in [2.45, 2.75) is 12.3 Å². The van der Waals surface area contributed by atoms with Crippen LogP contribution >= 0.6 is 11.3 Å². The Hall–Kier alpha value is -2.01. The van der Waals surface area contributed by atoms with Crippen molar-refractivity contribution in [3.8, 4) is 11.5 Å². The van der Waals surface area contributed by atoms with Gasteiger partial charge in [0.2, 0.25) is 6.79 Å². The van der Waals surface area contributed by atoms with Crippen molar-refractivity contribution in [3.05, 3.63) is 46.2 Å². The van der Waals surface area contributed by atoms with E-state index in [9.17, 15) is 9.90 Å². The monoisotopic (exact) mass is 276 g/mol. The fraction of sp³-hybridized carbons (Fsp3) is 0.214. The molecule has 0 saturated heterocycles. The summed E-state index contributed by atoms with van der Waals surface area (Å²) in [5.41, 5.74) is 0.935. The van der Waals surface area contributed by atoms with Gasteiger partial charge in [-0.15, -0.1) is 11.3 Å². The van der Waals surface area contributed by atoms with Crippen molar-refractivity contribution in [3.63, 3.8) is 0 Å². The molecule has 1 unspecified atom stereocenters. The summed E-state index contributed by atoms with van der Waals surface area (Å²) in [6, 6.07) is 9.29. The van der Waals surface area contributed by atoms with Crippen LogP contribution in [-0.4, -0.2) is 17.9 Å². The lowest BCUT2D eigenvalue weighted by molar-refractivity contribution is -0.138. The lowest BCUT2D eigenvalue weighted by Gasteiger charge is -2.11. The number of ether oxygens (including phenoxy) is 2. The molecule has 3 rings (SSSR count). The van der Waals surface area contributed by atoms with Crippen molar-refractivity contribution in [2.75, 3.05) is 6.79 Å². The van der Waals surface area contributed by atoms with Gasteiger partial charge in [-0.2, -0.15) is 0 Å². The second kappa shape index (κ2) is 4.93. The summed E-state index contributed by atoms with van der Waals surface area (Å²) in [7, 11) is 0. The van der Waals surface area contributed by atoms with Gasteiger partial charge in [-0.1, -0.05) is 12.1 Å². The lowest BCUT2D eigenvalue weighted by Crippen LogP contribution is -2.13. The van der Waals surface area contributed by atoms with Crippen LogP contribution in [0.15, 0.2) is 35.7 Å². The van der Waals surface area contributed by atoms with Crippen molar-refractivity contribution in [1.82, 2.24) is 0 Å². The van der Waals surface area contributed by atoms with Gasteiger partial charge in [0.25, 0.3) is 0 Å². The number of carboxylic acids is 1. The van der Waals surface area contributed by atoms with Gasteiger partial charge in [0.15, 0.2) is 11.5 Å². The molecule has 98 valence electrons. The minimum Gasteiger partial charge on any atom is -0.481 e. The van der Waals surface area contributed by atoms with E-state index in [1.165, 1.54) is 11.3 Å². The van der Waals surface area contributed by atoms with Crippen LogP contribution in [0.4, 0.5) is 0 Å². The Morgan fingerprint density at radius 2 is 2.16 bits per heavy atom. The fourth-order valence-electron chi connectivity index (χ4n) is 2.10. The minimum absolute atomic E-state index is 0.228. The van der Waals surface area contributed by atoms with Gasteiger partial charge in [-0.3, -0.25) is 4.79 Å². The van der Waals surface area contributed by atoms with E-state index in [-0.39, 0.29) is 6.79 Å². The molecule has 1 aromatic heterocycles. The number of carboxylic acid groups (broad SMARTS) is 1. The summed E-state index contributed by atoms with van der Waals surface area (Å²) in [5, 5.41) is 11.2. The SMILES string of the molecule is O=C(O)C(Cc1ccc2c(c1)OCO2)c1cccs1. The standard InChI is InChI=1S/C14H12O4S/c15-14(16)10(13-2-1-5-19-13)6-9-3-4-11-12(7-9)18-8-17-11/h1-5,7,10H,6,8H2,(H,15,16). The summed E-state index contributed by atoms with van der Waals surface area (Å²) in [5.74, 6) is 0.0834. The van der Waals surface area contributed by atoms with Gasteiger partial charge in [0, 0.05) is 4.88 Å². The maximum absolute atomic E-state index is 11.4. The maximum Gasteiger partial charge on any atom is 0.312 e. The quantitative estimate of drug-likeness (QED) is 0.933. The predicted octanol–water partition coefficient (Wildman–Crippen LogP) is 2.89. The third-order valence-electron chi connectivity index (χ3n) is 3.06. The molecule has 4 nitrogen and oxygen atoms in total. The summed E-state index contributed by atoms with van der Waals surface area (Å²) in [4.78, 5) is 12.3. The number of hydrogen-bond donors (Lipinski definition) is 1. The fourth-order valence-corrected chi connectivity index (χ4v) is 2.92. The highest BCUT2D eigenvalue weighted by Gasteiger charge is 2.22. The second-order valence-corrected chi connectivity index (χ2v) is 5.28. The number of rotatable bonds is 4. The Morgan fingerprint density at radius 3 is 2.89 bits per heavy atom. The first-order valence-corrected chi connectivity index (χ1v) is 6.77. The van der Waals surface area contributed by atoms with E-state index < -0.39 is 11.9 Å². The van der Waals surface area contributed by atoms with Crippen molar-refractivity contribution < 1.29 is 19.4 Å². The highest BCUT2D eigenvalue weighted by molar-refractivity contribution is 7.10. The third kappa shape index (κ3) is 2.42. The molecule has 0 radical (unpaired) electrons. The predicted molar refractivity (Wildman–Crippen MR) is 71.0 cm³/mol. The molecule has 0 fully saturated rings. The molecule has 0 saturated carbocycles. The van der Waals surface area contributed by atoms with Crippen LogP contribution in [0.25, 0.3) is 0 Å². The van der Waals surface area contributed by atoms with Crippen molar-refractivity contribution >= 4 is 17.3 Å². The van der Waals surface area contributed by atoms with Crippen LogP contribution in [0.2, 0.25) is 0 Å². The Kier molecular flexibility index (Phi) is 3.13. The van der Waals surface area contributed by atoms with E-state index in [2.05, 4.69) is 0 Å². The topological polar surface area (TPSA) is 55.8 Å². The molecule has 0 bridgehead atoms. The van der Waals surface area contributed by atoms with Gasteiger partial charge < -0.3 is 14.6 Å². The third-order valence-corrected chi connectivity index (χ3v) is 4.05. The average Bonchev–Trinajstić information content (AvgIpc) is 3.06. The number of benzene rings is 1. The molecule has 1 N–H and O–H groups in total. The summed E-state index contributed by atoms with van der Waals surface area (Å²) in [6.07, 6.45) is 0.451. The van der Waals surface area contributed by atoms with Gasteiger partial charge in [0.05, 0.1) is 5.92 Å². The number of carbonyl (C=O) groups is 1. The van der Waals surface area contributed by atoms with Gasteiger partial charge in [-0.25, -0.2) is 0 Å². The molecule has 0 aliphatic carbocycles. The van der Waals surface area contributed by atoms with Crippen LogP contribution in [0, 0.1) is 0 Å². The second-order valence-electron chi connectivity index (χ2n) is 4.30. The van der Waals surface area contributed by atoms with Gasteiger partial charge >= 0.3 is 5.97 Å². The van der Waals surface area contributed by atoms with Crippen molar-refractivity contribution in [1.29, 1.82) is 0 Å². The molecule has 0 amide bonds. The number of thiophene rings is 1. The molecular formula is C14H12O4S. The van der Waals surface area contributed by atoms with Crippen molar-refractivity contribution in [2.24, 2.45) is 0 Å². The molecule has 1 aliphatic rings. The minimum atomic E-state index is -0.805.